The molecule has 0 bridgehead atoms. The van der Waals surface area contributed by atoms with Gasteiger partial charge in [-0.05, 0) is 111 Å². The molecule has 0 N–H and O–H groups in total. The number of nitrogens with zero attached hydrogens (tertiary/aromatic N) is 2. The van der Waals surface area contributed by atoms with Gasteiger partial charge in [-0.2, -0.15) is 0 Å². The quantitative estimate of drug-likeness (QED) is 0.0503. The molecule has 0 rings (SSSR count). The van der Waals surface area contributed by atoms with Gasteiger partial charge in [-0.3, -0.25) is 0 Å². The number of unbranched alkanes of at least 4 members (excludes halogenated alkanes) is 19. The number of carbonyl (C=O) groups excluding carboxylic acids is 1. The van der Waals surface area contributed by atoms with E-state index in [4.69, 9.17) is 4.74 Å². The summed E-state index contributed by atoms with van der Waals surface area (Å²) in [4.78, 5) is 17.1. The standard InChI is InChI=1S/C43H80N2O2/c1-5-7-9-11-13-15-17-19-21-23-25-27-29-31-33-35-40-45(43(46)47-42-38-37-39-44(3)4)41-36-34-32-30-28-26-24-22-20-18-16-14-12-10-8-6-2/h13-16,19-22H,5-12,17-18,23-42H2,1-4H3/b15-13-,16-14-,21-19-,22-20-. The number of carbonyl (C=O) groups is 1. The van der Waals surface area contributed by atoms with Gasteiger partial charge in [0.25, 0.3) is 0 Å². The fraction of sp³-hybridized carbons (Fsp3) is 0.791. The van der Waals surface area contributed by atoms with E-state index in [1.165, 1.54) is 128 Å². The predicted octanol–water partition coefficient (Wildman–Crippen LogP) is 13.4. The average Bonchev–Trinajstić information content (AvgIpc) is 3.06. The number of rotatable bonds is 35. The molecule has 0 unspecified atom stereocenters. The highest BCUT2D eigenvalue weighted by atomic mass is 16.6. The molecule has 0 radical (unpaired) electrons. The van der Waals surface area contributed by atoms with Crippen LogP contribution in [0.1, 0.15) is 181 Å². The van der Waals surface area contributed by atoms with Crippen LogP contribution in [-0.2, 0) is 4.74 Å². The van der Waals surface area contributed by atoms with Crippen LogP contribution in [0.25, 0.3) is 0 Å². The number of hydrogen-bond acceptors (Lipinski definition) is 3. The fourth-order valence-electron chi connectivity index (χ4n) is 5.66. The zero-order valence-corrected chi connectivity index (χ0v) is 32.0. The van der Waals surface area contributed by atoms with Gasteiger partial charge in [0.1, 0.15) is 0 Å². The fourth-order valence-corrected chi connectivity index (χ4v) is 5.66. The normalized spacial score (nSPS) is 12.2. The monoisotopic (exact) mass is 657 g/mol. The smallest absolute Gasteiger partial charge is 0.409 e. The maximum Gasteiger partial charge on any atom is 0.409 e. The summed E-state index contributed by atoms with van der Waals surface area (Å²) in [5.41, 5.74) is 0. The summed E-state index contributed by atoms with van der Waals surface area (Å²) in [6.07, 6.45) is 50.4. The van der Waals surface area contributed by atoms with E-state index in [1.807, 2.05) is 4.90 Å². The zero-order valence-electron chi connectivity index (χ0n) is 32.0. The third-order valence-corrected chi connectivity index (χ3v) is 8.74. The lowest BCUT2D eigenvalue weighted by Crippen LogP contribution is -2.33. The average molecular weight is 657 g/mol. The summed E-state index contributed by atoms with van der Waals surface area (Å²) in [7, 11) is 4.18. The van der Waals surface area contributed by atoms with Crippen LogP contribution in [-0.4, -0.2) is 56.2 Å². The SMILES string of the molecule is CCCCC/C=C\C/C=C\CCCCCCCCN(CCCCCCCC/C=C\C/C=C\CCCCC)C(=O)OCCCCN(C)C. The maximum atomic E-state index is 12.9. The van der Waals surface area contributed by atoms with Crippen molar-refractivity contribution >= 4 is 6.09 Å². The van der Waals surface area contributed by atoms with Crippen molar-refractivity contribution in [3.63, 3.8) is 0 Å². The maximum absolute atomic E-state index is 12.9. The van der Waals surface area contributed by atoms with Crippen molar-refractivity contribution in [3.8, 4) is 0 Å². The molecule has 47 heavy (non-hydrogen) atoms. The van der Waals surface area contributed by atoms with Gasteiger partial charge in [0, 0.05) is 13.1 Å². The highest BCUT2D eigenvalue weighted by Crippen LogP contribution is 2.12. The highest BCUT2D eigenvalue weighted by Gasteiger charge is 2.14. The van der Waals surface area contributed by atoms with Crippen LogP contribution in [0.15, 0.2) is 48.6 Å². The van der Waals surface area contributed by atoms with Gasteiger partial charge in [-0.1, -0.05) is 140 Å². The first-order valence-corrected chi connectivity index (χ1v) is 20.3. The second-order valence-corrected chi connectivity index (χ2v) is 13.8. The summed E-state index contributed by atoms with van der Waals surface area (Å²) >= 11 is 0. The Labute approximate surface area is 294 Å². The van der Waals surface area contributed by atoms with Crippen LogP contribution < -0.4 is 0 Å². The van der Waals surface area contributed by atoms with Gasteiger partial charge < -0.3 is 14.5 Å². The molecule has 0 aliphatic rings. The molecule has 0 aliphatic carbocycles. The van der Waals surface area contributed by atoms with Gasteiger partial charge in [-0.25, -0.2) is 4.79 Å². The Bertz CT molecular complexity index is 707. The lowest BCUT2D eigenvalue weighted by atomic mass is 10.1. The van der Waals surface area contributed by atoms with Crippen molar-refractivity contribution in [3.05, 3.63) is 48.6 Å². The van der Waals surface area contributed by atoms with Crippen molar-refractivity contribution in [2.45, 2.75) is 181 Å². The van der Waals surface area contributed by atoms with E-state index < -0.39 is 0 Å². The molecule has 0 aliphatic heterocycles. The molecule has 0 aromatic carbocycles. The third kappa shape index (κ3) is 36.9. The van der Waals surface area contributed by atoms with E-state index >= 15 is 0 Å². The highest BCUT2D eigenvalue weighted by molar-refractivity contribution is 5.67. The molecule has 0 aromatic heterocycles. The van der Waals surface area contributed by atoms with Crippen molar-refractivity contribution < 1.29 is 9.53 Å². The van der Waals surface area contributed by atoms with E-state index in [1.54, 1.807) is 0 Å². The molecule has 4 heteroatoms. The van der Waals surface area contributed by atoms with Crippen molar-refractivity contribution in [1.82, 2.24) is 9.80 Å². The molecule has 0 heterocycles. The van der Waals surface area contributed by atoms with Gasteiger partial charge in [0.05, 0.1) is 6.61 Å². The largest absolute Gasteiger partial charge is 0.449 e. The Morgan fingerprint density at radius 1 is 0.447 bits per heavy atom. The van der Waals surface area contributed by atoms with Crippen LogP contribution >= 0.6 is 0 Å². The van der Waals surface area contributed by atoms with E-state index in [-0.39, 0.29) is 6.09 Å². The minimum atomic E-state index is -0.0972. The summed E-state index contributed by atoms with van der Waals surface area (Å²) in [5.74, 6) is 0. The van der Waals surface area contributed by atoms with Crippen LogP contribution in [0.2, 0.25) is 0 Å². The molecular weight excluding hydrogens is 576 g/mol. The van der Waals surface area contributed by atoms with Gasteiger partial charge in [0.15, 0.2) is 0 Å². The summed E-state index contributed by atoms with van der Waals surface area (Å²) in [6, 6.07) is 0. The Morgan fingerprint density at radius 2 is 0.809 bits per heavy atom. The van der Waals surface area contributed by atoms with Crippen molar-refractivity contribution in [2.75, 3.05) is 40.3 Å². The van der Waals surface area contributed by atoms with E-state index in [2.05, 4.69) is 81.5 Å². The molecular formula is C43H80N2O2. The van der Waals surface area contributed by atoms with Crippen LogP contribution in [0.5, 0.6) is 0 Å². The number of allylic oxidation sites excluding steroid dienone is 8. The van der Waals surface area contributed by atoms with E-state index in [0.717, 1.165) is 58.2 Å². The van der Waals surface area contributed by atoms with E-state index in [0.29, 0.717) is 6.61 Å². The third-order valence-electron chi connectivity index (χ3n) is 8.74. The van der Waals surface area contributed by atoms with Gasteiger partial charge in [-0.15, -0.1) is 0 Å². The second-order valence-electron chi connectivity index (χ2n) is 13.8. The molecule has 0 saturated heterocycles. The Morgan fingerprint density at radius 3 is 1.21 bits per heavy atom. The molecule has 0 fully saturated rings. The van der Waals surface area contributed by atoms with Crippen molar-refractivity contribution in [1.29, 1.82) is 0 Å². The first kappa shape index (κ1) is 45.2. The van der Waals surface area contributed by atoms with E-state index in [9.17, 15) is 4.79 Å². The Hall–Kier alpha value is -1.81. The molecule has 0 atom stereocenters. The second kappa shape index (κ2) is 38.6. The Kier molecular flexibility index (Phi) is 37.1. The summed E-state index contributed by atoms with van der Waals surface area (Å²) in [6.45, 7) is 7.78. The lowest BCUT2D eigenvalue weighted by molar-refractivity contribution is 0.0986. The number of ether oxygens (including phenoxy) is 1. The molecule has 0 aromatic rings. The molecule has 1 amide bonds. The Balaban J connectivity index is 4.07. The zero-order chi connectivity index (χ0) is 34.3. The summed E-state index contributed by atoms with van der Waals surface area (Å²) < 4.78 is 5.69. The lowest BCUT2D eigenvalue weighted by Gasteiger charge is -2.22. The number of amides is 1. The topological polar surface area (TPSA) is 32.8 Å². The predicted molar refractivity (Wildman–Crippen MR) is 209 cm³/mol. The summed E-state index contributed by atoms with van der Waals surface area (Å²) in [5, 5.41) is 0. The molecule has 274 valence electrons. The molecule has 4 nitrogen and oxygen atoms in total. The number of hydrogen-bond donors (Lipinski definition) is 0. The first-order valence-electron chi connectivity index (χ1n) is 20.3. The van der Waals surface area contributed by atoms with Crippen LogP contribution in [0, 0.1) is 0 Å². The van der Waals surface area contributed by atoms with Crippen LogP contribution in [0.4, 0.5) is 4.79 Å². The first-order chi connectivity index (χ1) is 23.1. The minimum Gasteiger partial charge on any atom is -0.449 e. The minimum absolute atomic E-state index is 0.0972. The van der Waals surface area contributed by atoms with Gasteiger partial charge in [0.2, 0.25) is 0 Å². The van der Waals surface area contributed by atoms with Crippen molar-refractivity contribution in [2.24, 2.45) is 0 Å². The molecule has 0 spiro atoms. The van der Waals surface area contributed by atoms with Gasteiger partial charge >= 0.3 is 6.09 Å². The van der Waals surface area contributed by atoms with Crippen LogP contribution in [0.3, 0.4) is 0 Å². The molecule has 0 saturated carbocycles.